The highest BCUT2D eigenvalue weighted by atomic mass is 16.2. The van der Waals surface area contributed by atoms with Gasteiger partial charge in [-0.15, -0.1) is 0 Å². The van der Waals surface area contributed by atoms with Crippen molar-refractivity contribution in [1.29, 1.82) is 0 Å². The number of carbonyl (C=O) groups excluding carboxylic acids is 1. The molecule has 1 saturated heterocycles. The van der Waals surface area contributed by atoms with Crippen molar-refractivity contribution in [2.24, 2.45) is 0 Å². The van der Waals surface area contributed by atoms with E-state index in [2.05, 4.69) is 52.5 Å². The van der Waals surface area contributed by atoms with E-state index in [9.17, 15) is 4.79 Å². The van der Waals surface area contributed by atoms with Crippen molar-refractivity contribution in [2.75, 3.05) is 30.0 Å². The van der Waals surface area contributed by atoms with E-state index < -0.39 is 0 Å². The standard InChI is InChI=1S/C22H24N4O/c1-15-5-4-7-18-17(15)13-20(24-18)22(27)25-11-9-16(10-12-25)26-14-23-19-6-2-3-8-21(19)26/h2-8,13,16,23-24H,9-12,14H2,1H3. The minimum Gasteiger partial charge on any atom is -0.366 e. The molecular weight excluding hydrogens is 336 g/mol. The summed E-state index contributed by atoms with van der Waals surface area (Å²) in [6.45, 7) is 4.55. The average Bonchev–Trinajstić information content (AvgIpc) is 3.33. The van der Waals surface area contributed by atoms with E-state index in [4.69, 9.17) is 0 Å². The molecule has 0 atom stereocenters. The third-order valence-electron chi connectivity index (χ3n) is 5.96. The Balaban J connectivity index is 1.29. The summed E-state index contributed by atoms with van der Waals surface area (Å²) in [5.41, 5.74) is 5.43. The minimum atomic E-state index is 0.115. The van der Waals surface area contributed by atoms with Crippen LogP contribution in [0.3, 0.4) is 0 Å². The van der Waals surface area contributed by atoms with Crippen LogP contribution in [0, 0.1) is 6.92 Å². The normalized spacial score (nSPS) is 17.2. The van der Waals surface area contributed by atoms with E-state index in [1.807, 2.05) is 23.1 Å². The molecule has 1 aromatic heterocycles. The molecule has 3 aromatic rings. The molecule has 27 heavy (non-hydrogen) atoms. The summed E-state index contributed by atoms with van der Waals surface area (Å²) in [6, 6.07) is 17.1. The molecule has 0 aliphatic carbocycles. The predicted molar refractivity (Wildman–Crippen MR) is 109 cm³/mol. The fourth-order valence-electron chi connectivity index (χ4n) is 4.43. The monoisotopic (exact) mass is 360 g/mol. The van der Waals surface area contributed by atoms with Gasteiger partial charge in [-0.25, -0.2) is 0 Å². The maximum Gasteiger partial charge on any atom is 0.270 e. The fraction of sp³-hybridized carbons (Fsp3) is 0.318. The van der Waals surface area contributed by atoms with Crippen LogP contribution in [0.25, 0.3) is 10.9 Å². The molecule has 0 radical (unpaired) electrons. The maximum atomic E-state index is 13.0. The number of nitrogens with one attached hydrogen (secondary N) is 2. The summed E-state index contributed by atoms with van der Waals surface area (Å²) < 4.78 is 0. The van der Waals surface area contributed by atoms with Crippen molar-refractivity contribution in [3.63, 3.8) is 0 Å². The van der Waals surface area contributed by atoms with Gasteiger partial charge in [-0.2, -0.15) is 0 Å². The van der Waals surface area contributed by atoms with Crippen LogP contribution < -0.4 is 10.2 Å². The topological polar surface area (TPSA) is 51.4 Å². The Kier molecular flexibility index (Phi) is 3.81. The number of aromatic amines is 1. The van der Waals surface area contributed by atoms with Crippen LogP contribution >= 0.6 is 0 Å². The molecular formula is C22H24N4O. The van der Waals surface area contributed by atoms with Crippen molar-refractivity contribution in [3.8, 4) is 0 Å². The summed E-state index contributed by atoms with van der Waals surface area (Å²) in [7, 11) is 0. The van der Waals surface area contributed by atoms with Crippen LogP contribution in [-0.2, 0) is 0 Å². The zero-order chi connectivity index (χ0) is 18.4. The third kappa shape index (κ3) is 2.74. The highest BCUT2D eigenvalue weighted by Gasteiger charge is 2.31. The molecule has 2 N–H and O–H groups in total. The zero-order valence-corrected chi connectivity index (χ0v) is 15.5. The van der Waals surface area contributed by atoms with E-state index >= 15 is 0 Å². The number of hydrogen-bond donors (Lipinski definition) is 2. The lowest BCUT2D eigenvalue weighted by atomic mass is 10.0. The molecule has 1 amide bonds. The van der Waals surface area contributed by atoms with Crippen LogP contribution in [0.4, 0.5) is 11.4 Å². The smallest absolute Gasteiger partial charge is 0.270 e. The molecule has 5 heteroatoms. The Morgan fingerprint density at radius 2 is 1.89 bits per heavy atom. The van der Waals surface area contributed by atoms with Crippen LogP contribution in [0.5, 0.6) is 0 Å². The molecule has 1 fully saturated rings. The van der Waals surface area contributed by atoms with Gasteiger partial charge in [-0.05, 0) is 49.6 Å². The Morgan fingerprint density at radius 3 is 2.70 bits per heavy atom. The summed E-state index contributed by atoms with van der Waals surface area (Å²) >= 11 is 0. The second-order valence-corrected chi connectivity index (χ2v) is 7.56. The van der Waals surface area contributed by atoms with E-state index in [0.29, 0.717) is 11.7 Å². The van der Waals surface area contributed by atoms with Gasteiger partial charge in [-0.1, -0.05) is 24.3 Å². The highest BCUT2D eigenvalue weighted by molar-refractivity contribution is 5.98. The molecule has 5 rings (SSSR count). The van der Waals surface area contributed by atoms with Gasteiger partial charge in [0.2, 0.25) is 0 Å². The number of anilines is 2. The summed E-state index contributed by atoms with van der Waals surface area (Å²) in [5.74, 6) is 0.115. The number of likely N-dealkylation sites (tertiary alicyclic amines) is 1. The van der Waals surface area contributed by atoms with Gasteiger partial charge in [0.15, 0.2) is 0 Å². The number of rotatable bonds is 2. The van der Waals surface area contributed by atoms with Crippen LogP contribution in [0.15, 0.2) is 48.5 Å². The van der Waals surface area contributed by atoms with Crippen molar-refractivity contribution >= 4 is 28.2 Å². The number of aryl methyl sites for hydroxylation is 1. The summed E-state index contributed by atoms with van der Waals surface area (Å²) in [6.07, 6.45) is 2.00. The van der Waals surface area contributed by atoms with Gasteiger partial charge < -0.3 is 20.1 Å². The first-order valence-electron chi connectivity index (χ1n) is 9.68. The first-order valence-corrected chi connectivity index (χ1v) is 9.68. The van der Waals surface area contributed by atoms with Gasteiger partial charge in [0.1, 0.15) is 5.69 Å². The first-order chi connectivity index (χ1) is 13.2. The number of nitrogens with zero attached hydrogens (tertiary/aromatic N) is 2. The number of fused-ring (bicyclic) bond motifs is 2. The molecule has 0 saturated carbocycles. The second-order valence-electron chi connectivity index (χ2n) is 7.56. The number of benzene rings is 2. The average molecular weight is 360 g/mol. The Morgan fingerprint density at radius 1 is 1.07 bits per heavy atom. The molecule has 2 aliphatic heterocycles. The van der Waals surface area contributed by atoms with Gasteiger partial charge in [0, 0.05) is 30.0 Å². The third-order valence-corrected chi connectivity index (χ3v) is 5.96. The molecule has 0 spiro atoms. The van der Waals surface area contributed by atoms with Gasteiger partial charge >= 0.3 is 0 Å². The first kappa shape index (κ1) is 16.2. The van der Waals surface area contributed by atoms with E-state index in [-0.39, 0.29) is 5.91 Å². The van der Waals surface area contributed by atoms with Crippen molar-refractivity contribution in [2.45, 2.75) is 25.8 Å². The van der Waals surface area contributed by atoms with Crippen molar-refractivity contribution in [1.82, 2.24) is 9.88 Å². The number of piperidine rings is 1. The van der Waals surface area contributed by atoms with Crippen LogP contribution in [0.2, 0.25) is 0 Å². The number of aromatic nitrogens is 1. The molecule has 3 heterocycles. The van der Waals surface area contributed by atoms with Crippen LogP contribution in [-0.4, -0.2) is 41.6 Å². The zero-order valence-electron chi connectivity index (χ0n) is 15.5. The Labute approximate surface area is 159 Å². The van der Waals surface area contributed by atoms with E-state index in [1.54, 1.807) is 0 Å². The number of carbonyl (C=O) groups is 1. The van der Waals surface area contributed by atoms with Crippen molar-refractivity contribution < 1.29 is 4.79 Å². The summed E-state index contributed by atoms with van der Waals surface area (Å²) in [5, 5.41) is 4.60. The Bertz CT molecular complexity index is 1000. The highest BCUT2D eigenvalue weighted by Crippen LogP contribution is 2.34. The Hall–Kier alpha value is -2.95. The van der Waals surface area contributed by atoms with Gasteiger partial charge in [0.05, 0.1) is 18.0 Å². The molecule has 0 unspecified atom stereocenters. The molecule has 5 nitrogen and oxygen atoms in total. The molecule has 2 aliphatic rings. The molecule has 138 valence electrons. The lowest BCUT2D eigenvalue weighted by molar-refractivity contribution is 0.0708. The number of amides is 1. The number of para-hydroxylation sites is 2. The number of hydrogen-bond acceptors (Lipinski definition) is 3. The summed E-state index contributed by atoms with van der Waals surface area (Å²) in [4.78, 5) is 20.7. The maximum absolute atomic E-state index is 13.0. The molecule has 2 aromatic carbocycles. The van der Waals surface area contributed by atoms with E-state index in [1.165, 1.54) is 16.9 Å². The largest absolute Gasteiger partial charge is 0.366 e. The predicted octanol–water partition coefficient (Wildman–Crippen LogP) is 3.97. The van der Waals surface area contributed by atoms with Crippen molar-refractivity contribution in [3.05, 3.63) is 59.8 Å². The quantitative estimate of drug-likeness (QED) is 0.727. The minimum absolute atomic E-state index is 0.115. The fourth-order valence-corrected chi connectivity index (χ4v) is 4.43. The number of H-pyrrole nitrogens is 1. The van der Waals surface area contributed by atoms with E-state index in [0.717, 1.165) is 43.5 Å². The SMILES string of the molecule is Cc1cccc2[nH]c(C(=O)N3CCC(N4CNc5ccccc54)CC3)cc12. The molecule has 0 bridgehead atoms. The lowest BCUT2D eigenvalue weighted by Gasteiger charge is -2.37. The second kappa shape index (κ2) is 6.34. The van der Waals surface area contributed by atoms with Crippen LogP contribution in [0.1, 0.15) is 28.9 Å². The van der Waals surface area contributed by atoms with Gasteiger partial charge in [-0.3, -0.25) is 4.79 Å². The lowest BCUT2D eigenvalue weighted by Crippen LogP contribution is -2.46. The van der Waals surface area contributed by atoms with Gasteiger partial charge in [0.25, 0.3) is 5.91 Å².